The Balaban J connectivity index is 2.98. The maximum absolute atomic E-state index is 10.3. The zero-order valence-corrected chi connectivity index (χ0v) is 14.1. The standard InChI is InChI=1S/C18H37NO2/c1-17(19)15-13-11-9-7-5-3-2-4-6-8-10-12-14-16-18(20)21/h17H,2-16,19H2,1H3,(H,20,21). The average molecular weight is 299 g/mol. The van der Waals surface area contributed by atoms with Gasteiger partial charge in [0.15, 0.2) is 0 Å². The molecule has 0 saturated heterocycles. The van der Waals surface area contributed by atoms with Crippen LogP contribution in [0.15, 0.2) is 0 Å². The van der Waals surface area contributed by atoms with Crippen molar-refractivity contribution in [2.45, 2.75) is 109 Å². The summed E-state index contributed by atoms with van der Waals surface area (Å²) < 4.78 is 0. The molecular weight excluding hydrogens is 262 g/mol. The van der Waals surface area contributed by atoms with Crippen molar-refractivity contribution in [2.75, 3.05) is 0 Å². The molecule has 0 aromatic heterocycles. The summed E-state index contributed by atoms with van der Waals surface area (Å²) in [5.74, 6) is -0.660. The molecule has 3 heteroatoms. The fraction of sp³-hybridized carbons (Fsp3) is 0.944. The lowest BCUT2D eigenvalue weighted by Crippen LogP contribution is -2.13. The Morgan fingerprint density at radius 3 is 1.43 bits per heavy atom. The number of unbranched alkanes of at least 4 members (excludes halogenated alkanes) is 12. The Morgan fingerprint density at radius 1 is 0.762 bits per heavy atom. The molecule has 0 rings (SSSR count). The van der Waals surface area contributed by atoms with Crippen molar-refractivity contribution in [2.24, 2.45) is 5.73 Å². The number of rotatable bonds is 16. The predicted octanol–water partition coefficient (Wildman–Crippen LogP) is 5.27. The number of nitrogens with two attached hydrogens (primary N) is 1. The molecule has 0 radical (unpaired) electrons. The van der Waals surface area contributed by atoms with Gasteiger partial charge < -0.3 is 10.8 Å². The molecule has 3 N–H and O–H groups in total. The van der Waals surface area contributed by atoms with Crippen LogP contribution < -0.4 is 5.73 Å². The molecule has 0 spiro atoms. The van der Waals surface area contributed by atoms with Crippen LogP contribution in [0.25, 0.3) is 0 Å². The van der Waals surface area contributed by atoms with E-state index in [0.717, 1.165) is 12.8 Å². The first-order valence-corrected chi connectivity index (χ1v) is 9.10. The molecule has 0 aliphatic heterocycles. The van der Waals surface area contributed by atoms with E-state index in [1.807, 2.05) is 0 Å². The summed E-state index contributed by atoms with van der Waals surface area (Å²) in [4.78, 5) is 10.3. The Bertz CT molecular complexity index is 229. The number of carboxylic acids is 1. The van der Waals surface area contributed by atoms with E-state index in [0.29, 0.717) is 12.5 Å². The highest BCUT2D eigenvalue weighted by atomic mass is 16.4. The highest BCUT2D eigenvalue weighted by Gasteiger charge is 1.97. The van der Waals surface area contributed by atoms with E-state index in [-0.39, 0.29) is 0 Å². The van der Waals surface area contributed by atoms with Gasteiger partial charge in [-0.2, -0.15) is 0 Å². The summed E-state index contributed by atoms with van der Waals surface area (Å²) >= 11 is 0. The van der Waals surface area contributed by atoms with Crippen LogP contribution in [0.5, 0.6) is 0 Å². The van der Waals surface area contributed by atoms with Crippen LogP contribution >= 0.6 is 0 Å². The third-order valence-electron chi connectivity index (χ3n) is 4.05. The van der Waals surface area contributed by atoms with Crippen LogP contribution in [0.4, 0.5) is 0 Å². The summed E-state index contributed by atoms with van der Waals surface area (Å²) in [5.41, 5.74) is 5.73. The topological polar surface area (TPSA) is 63.3 Å². The van der Waals surface area contributed by atoms with Gasteiger partial charge in [0.1, 0.15) is 0 Å². The maximum Gasteiger partial charge on any atom is 0.303 e. The Morgan fingerprint density at radius 2 is 1.10 bits per heavy atom. The molecular formula is C18H37NO2. The van der Waals surface area contributed by atoms with Gasteiger partial charge in [-0.05, 0) is 19.8 Å². The minimum absolute atomic E-state index is 0.337. The second-order valence-corrected chi connectivity index (χ2v) is 6.51. The third kappa shape index (κ3) is 19.4. The highest BCUT2D eigenvalue weighted by molar-refractivity contribution is 5.66. The van der Waals surface area contributed by atoms with Crippen molar-refractivity contribution >= 4 is 5.97 Å². The van der Waals surface area contributed by atoms with Crippen molar-refractivity contribution in [3.63, 3.8) is 0 Å². The molecule has 0 heterocycles. The van der Waals surface area contributed by atoms with E-state index >= 15 is 0 Å². The van der Waals surface area contributed by atoms with Crippen LogP contribution in [0.3, 0.4) is 0 Å². The lowest BCUT2D eigenvalue weighted by atomic mass is 10.0. The van der Waals surface area contributed by atoms with Gasteiger partial charge in [0.05, 0.1) is 0 Å². The first kappa shape index (κ1) is 20.4. The number of carbonyl (C=O) groups is 1. The fourth-order valence-corrected chi connectivity index (χ4v) is 2.69. The van der Waals surface area contributed by atoms with Gasteiger partial charge in [-0.1, -0.05) is 77.0 Å². The lowest BCUT2D eigenvalue weighted by Gasteiger charge is -2.05. The molecule has 21 heavy (non-hydrogen) atoms. The summed E-state index contributed by atoms with van der Waals surface area (Å²) in [6.07, 6.45) is 18.1. The van der Waals surface area contributed by atoms with Crippen LogP contribution in [0.1, 0.15) is 103 Å². The van der Waals surface area contributed by atoms with Crippen molar-refractivity contribution in [1.29, 1.82) is 0 Å². The molecule has 0 saturated carbocycles. The quantitative estimate of drug-likeness (QED) is 0.382. The minimum atomic E-state index is -0.660. The first-order valence-electron chi connectivity index (χ1n) is 9.10. The normalized spacial score (nSPS) is 12.5. The average Bonchev–Trinajstić information content (AvgIpc) is 2.42. The minimum Gasteiger partial charge on any atom is -0.481 e. The van der Waals surface area contributed by atoms with E-state index in [1.54, 1.807) is 0 Å². The van der Waals surface area contributed by atoms with Gasteiger partial charge in [-0.25, -0.2) is 0 Å². The molecule has 0 aliphatic carbocycles. The molecule has 1 unspecified atom stereocenters. The van der Waals surface area contributed by atoms with Crippen LogP contribution in [-0.2, 0) is 4.79 Å². The largest absolute Gasteiger partial charge is 0.481 e. The molecule has 0 amide bonds. The van der Waals surface area contributed by atoms with Gasteiger partial charge in [-0.3, -0.25) is 4.79 Å². The molecule has 0 aromatic carbocycles. The Hall–Kier alpha value is -0.570. The van der Waals surface area contributed by atoms with Crippen LogP contribution in [-0.4, -0.2) is 17.1 Å². The van der Waals surface area contributed by atoms with Gasteiger partial charge in [0, 0.05) is 12.5 Å². The van der Waals surface area contributed by atoms with Gasteiger partial charge in [0.2, 0.25) is 0 Å². The fourth-order valence-electron chi connectivity index (χ4n) is 2.69. The van der Waals surface area contributed by atoms with E-state index in [1.165, 1.54) is 77.0 Å². The first-order chi connectivity index (χ1) is 10.1. The summed E-state index contributed by atoms with van der Waals surface area (Å²) in [5, 5.41) is 8.52. The van der Waals surface area contributed by atoms with E-state index < -0.39 is 5.97 Å². The van der Waals surface area contributed by atoms with Crippen LogP contribution in [0, 0.1) is 0 Å². The second kappa shape index (κ2) is 15.8. The molecule has 3 nitrogen and oxygen atoms in total. The smallest absolute Gasteiger partial charge is 0.303 e. The van der Waals surface area contributed by atoms with Crippen molar-refractivity contribution in [3.8, 4) is 0 Å². The van der Waals surface area contributed by atoms with Gasteiger partial charge in [-0.15, -0.1) is 0 Å². The predicted molar refractivity (Wildman–Crippen MR) is 90.5 cm³/mol. The number of hydrogen-bond donors (Lipinski definition) is 2. The summed E-state index contributed by atoms with van der Waals surface area (Å²) in [6, 6.07) is 0.370. The highest BCUT2D eigenvalue weighted by Crippen LogP contribution is 2.13. The van der Waals surface area contributed by atoms with E-state index in [2.05, 4.69) is 6.92 Å². The second-order valence-electron chi connectivity index (χ2n) is 6.51. The summed E-state index contributed by atoms with van der Waals surface area (Å²) in [7, 11) is 0. The van der Waals surface area contributed by atoms with Gasteiger partial charge in [0.25, 0.3) is 0 Å². The SMILES string of the molecule is CC(N)CCCCCCCCCCCCCCCC(=O)O. The Labute approximate surface area is 131 Å². The van der Waals surface area contributed by atoms with E-state index in [4.69, 9.17) is 10.8 Å². The molecule has 126 valence electrons. The zero-order chi connectivity index (χ0) is 15.8. The number of aliphatic carboxylic acids is 1. The maximum atomic E-state index is 10.3. The molecule has 0 aliphatic rings. The molecule has 0 bridgehead atoms. The molecule has 1 atom stereocenters. The van der Waals surface area contributed by atoms with E-state index in [9.17, 15) is 4.79 Å². The number of carboxylic acid groups (broad SMARTS) is 1. The summed E-state index contributed by atoms with van der Waals surface area (Å²) in [6.45, 7) is 2.09. The number of hydrogen-bond acceptors (Lipinski definition) is 2. The lowest BCUT2D eigenvalue weighted by molar-refractivity contribution is -0.137. The third-order valence-corrected chi connectivity index (χ3v) is 4.05. The van der Waals surface area contributed by atoms with Crippen molar-refractivity contribution in [1.82, 2.24) is 0 Å². The van der Waals surface area contributed by atoms with Crippen molar-refractivity contribution in [3.05, 3.63) is 0 Å². The zero-order valence-electron chi connectivity index (χ0n) is 14.1. The molecule has 0 fully saturated rings. The Kier molecular flexibility index (Phi) is 15.4. The van der Waals surface area contributed by atoms with Gasteiger partial charge >= 0.3 is 5.97 Å². The van der Waals surface area contributed by atoms with Crippen LogP contribution in [0.2, 0.25) is 0 Å². The van der Waals surface area contributed by atoms with Crippen molar-refractivity contribution < 1.29 is 9.90 Å². The molecule has 0 aromatic rings. The monoisotopic (exact) mass is 299 g/mol.